The first-order valence-corrected chi connectivity index (χ1v) is 11.3. The van der Waals surface area contributed by atoms with E-state index in [1.165, 1.54) is 11.3 Å². The first kappa shape index (κ1) is 22.0. The molecule has 0 saturated heterocycles. The van der Waals surface area contributed by atoms with Crippen molar-refractivity contribution in [1.29, 1.82) is 0 Å². The molecule has 32 heavy (non-hydrogen) atoms. The van der Waals surface area contributed by atoms with Crippen molar-refractivity contribution < 1.29 is 14.3 Å². The Morgan fingerprint density at radius 1 is 0.938 bits per heavy atom. The van der Waals surface area contributed by atoms with Crippen LogP contribution >= 0.6 is 11.3 Å². The van der Waals surface area contributed by atoms with Crippen molar-refractivity contribution in [2.45, 2.75) is 6.42 Å². The number of fused-ring (bicyclic) bond motifs is 2. The highest BCUT2D eigenvalue weighted by atomic mass is 32.1. The Kier molecular flexibility index (Phi) is 6.58. The van der Waals surface area contributed by atoms with Crippen LogP contribution in [0, 0.1) is 0 Å². The fourth-order valence-electron chi connectivity index (χ4n) is 3.70. The molecule has 3 aromatic carbocycles. The van der Waals surface area contributed by atoms with Crippen LogP contribution in [-0.4, -0.2) is 57.2 Å². The lowest BCUT2D eigenvalue weighted by Gasteiger charge is -2.21. The molecule has 1 heterocycles. The molecule has 0 unspecified atom stereocenters. The molecule has 0 aliphatic heterocycles. The molecule has 1 aromatic heterocycles. The molecule has 1 amide bonds. The summed E-state index contributed by atoms with van der Waals surface area (Å²) in [7, 11) is 7.32. The van der Waals surface area contributed by atoms with Gasteiger partial charge in [-0.25, -0.2) is 4.98 Å². The third-order valence-corrected chi connectivity index (χ3v) is 6.45. The van der Waals surface area contributed by atoms with Gasteiger partial charge in [-0.1, -0.05) is 41.7 Å². The lowest BCUT2D eigenvalue weighted by molar-refractivity contribution is 0.0986. The van der Waals surface area contributed by atoms with Gasteiger partial charge in [-0.05, 0) is 62.1 Å². The van der Waals surface area contributed by atoms with Gasteiger partial charge in [0.05, 0.1) is 14.2 Å². The Bertz CT molecular complexity index is 1210. The third-order valence-electron chi connectivity index (χ3n) is 5.36. The van der Waals surface area contributed by atoms with Gasteiger partial charge < -0.3 is 14.4 Å². The highest BCUT2D eigenvalue weighted by molar-refractivity contribution is 7.22. The van der Waals surface area contributed by atoms with Crippen LogP contribution in [0.4, 0.5) is 5.13 Å². The summed E-state index contributed by atoms with van der Waals surface area (Å²) in [6.45, 7) is 1.44. The Balaban J connectivity index is 1.76. The molecule has 0 spiro atoms. The lowest BCUT2D eigenvalue weighted by Crippen LogP contribution is -2.33. The van der Waals surface area contributed by atoms with Crippen LogP contribution < -0.4 is 14.4 Å². The number of methoxy groups -OCH3 is 2. The average molecular weight is 450 g/mol. The summed E-state index contributed by atoms with van der Waals surface area (Å²) in [5, 5.41) is 2.79. The number of carbonyl (C=O) groups excluding carboxylic acids is 1. The van der Waals surface area contributed by atoms with Gasteiger partial charge in [-0.15, -0.1) is 0 Å². The van der Waals surface area contributed by atoms with Crippen LogP contribution in [-0.2, 0) is 0 Å². The van der Waals surface area contributed by atoms with Crippen molar-refractivity contribution in [2.24, 2.45) is 0 Å². The maximum atomic E-state index is 13.7. The second-order valence-electron chi connectivity index (χ2n) is 7.82. The van der Waals surface area contributed by atoms with E-state index >= 15 is 0 Å². The molecular weight excluding hydrogens is 422 g/mol. The molecule has 166 valence electrons. The molecule has 4 rings (SSSR count). The van der Waals surface area contributed by atoms with Gasteiger partial charge in [0.25, 0.3) is 5.91 Å². The quantitative estimate of drug-likeness (QED) is 0.376. The van der Waals surface area contributed by atoms with Gasteiger partial charge in [0.15, 0.2) is 5.13 Å². The Morgan fingerprint density at radius 2 is 1.66 bits per heavy atom. The fraction of sp³-hybridized carbons (Fsp3) is 0.280. The predicted molar refractivity (Wildman–Crippen MR) is 132 cm³/mol. The molecule has 0 radical (unpaired) electrons. The zero-order valence-corrected chi connectivity index (χ0v) is 19.6. The van der Waals surface area contributed by atoms with E-state index in [0.717, 1.165) is 34.2 Å². The first-order chi connectivity index (χ1) is 15.5. The molecule has 0 saturated carbocycles. The van der Waals surface area contributed by atoms with Gasteiger partial charge in [0.2, 0.25) is 0 Å². The van der Waals surface area contributed by atoms with Gasteiger partial charge >= 0.3 is 0 Å². The summed E-state index contributed by atoms with van der Waals surface area (Å²) in [5.74, 6) is 1.32. The Labute approximate surface area is 192 Å². The largest absolute Gasteiger partial charge is 0.495 e. The summed E-state index contributed by atoms with van der Waals surface area (Å²) < 4.78 is 11.9. The minimum Gasteiger partial charge on any atom is -0.495 e. The van der Waals surface area contributed by atoms with E-state index in [1.807, 2.05) is 68.7 Å². The highest BCUT2D eigenvalue weighted by Gasteiger charge is 2.23. The molecule has 0 N–H and O–H groups in total. The minimum atomic E-state index is -0.0634. The van der Waals surface area contributed by atoms with E-state index in [0.29, 0.717) is 28.5 Å². The van der Waals surface area contributed by atoms with Crippen molar-refractivity contribution in [3.8, 4) is 11.5 Å². The van der Waals surface area contributed by atoms with E-state index in [1.54, 1.807) is 19.1 Å². The van der Waals surface area contributed by atoms with Crippen molar-refractivity contribution in [1.82, 2.24) is 9.88 Å². The van der Waals surface area contributed by atoms with E-state index in [9.17, 15) is 4.79 Å². The number of aromatic nitrogens is 1. The molecule has 0 atom stereocenters. The third kappa shape index (κ3) is 4.40. The molecule has 6 nitrogen and oxygen atoms in total. The zero-order chi connectivity index (χ0) is 22.7. The van der Waals surface area contributed by atoms with Crippen molar-refractivity contribution >= 4 is 43.4 Å². The van der Waals surface area contributed by atoms with Crippen LogP contribution in [0.3, 0.4) is 0 Å². The monoisotopic (exact) mass is 449 g/mol. The summed E-state index contributed by atoms with van der Waals surface area (Å²) >= 11 is 1.45. The van der Waals surface area contributed by atoms with E-state index in [2.05, 4.69) is 4.90 Å². The van der Waals surface area contributed by atoms with E-state index in [-0.39, 0.29) is 5.91 Å². The van der Waals surface area contributed by atoms with Crippen molar-refractivity contribution in [3.05, 3.63) is 60.2 Å². The standard InChI is InChI=1S/C25H27N3O3S/c1-27(2)14-7-15-28(24(29)19-11-10-17-8-5-6-9-18(17)16-19)25-26-22-20(30-3)12-13-21(31-4)23(22)32-25/h5-6,8-13,16H,7,14-15H2,1-4H3. The molecule has 0 fully saturated rings. The molecule has 0 bridgehead atoms. The SMILES string of the molecule is COc1ccc(OC)c2sc(N(CCCN(C)C)C(=O)c3ccc4ccccc4c3)nc12. The van der Waals surface area contributed by atoms with Crippen LogP contribution in [0.25, 0.3) is 21.0 Å². The second kappa shape index (κ2) is 9.54. The van der Waals surface area contributed by atoms with Gasteiger partial charge in [0, 0.05) is 12.1 Å². The number of ether oxygens (including phenoxy) is 2. The molecular formula is C25H27N3O3S. The van der Waals surface area contributed by atoms with E-state index < -0.39 is 0 Å². The maximum Gasteiger partial charge on any atom is 0.260 e. The molecule has 0 aliphatic rings. The fourth-order valence-corrected chi connectivity index (χ4v) is 4.80. The molecule has 0 aliphatic carbocycles. The van der Waals surface area contributed by atoms with Gasteiger partial charge in [-0.3, -0.25) is 9.69 Å². The summed E-state index contributed by atoms with van der Waals surface area (Å²) in [6, 6.07) is 17.6. The second-order valence-corrected chi connectivity index (χ2v) is 8.80. The maximum absolute atomic E-state index is 13.7. The Morgan fingerprint density at radius 3 is 2.38 bits per heavy atom. The lowest BCUT2D eigenvalue weighted by atomic mass is 10.1. The first-order valence-electron chi connectivity index (χ1n) is 10.5. The van der Waals surface area contributed by atoms with Crippen molar-refractivity contribution in [3.63, 3.8) is 0 Å². The number of thiazole rings is 1. The Hall–Kier alpha value is -3.16. The number of carbonyl (C=O) groups is 1. The van der Waals surface area contributed by atoms with Gasteiger partial charge in [0.1, 0.15) is 21.7 Å². The molecule has 4 aromatic rings. The number of anilines is 1. The number of amides is 1. The van der Waals surface area contributed by atoms with Gasteiger partial charge in [-0.2, -0.15) is 0 Å². The number of hydrogen-bond acceptors (Lipinski definition) is 6. The summed E-state index contributed by atoms with van der Waals surface area (Å²) in [6.07, 6.45) is 0.830. The van der Waals surface area contributed by atoms with Crippen LogP contribution in [0.1, 0.15) is 16.8 Å². The summed E-state index contributed by atoms with van der Waals surface area (Å²) in [4.78, 5) is 22.4. The number of hydrogen-bond donors (Lipinski definition) is 0. The zero-order valence-electron chi connectivity index (χ0n) is 18.8. The van der Waals surface area contributed by atoms with E-state index in [4.69, 9.17) is 14.5 Å². The highest BCUT2D eigenvalue weighted by Crippen LogP contribution is 2.40. The normalized spacial score (nSPS) is 11.3. The molecule has 7 heteroatoms. The number of rotatable bonds is 8. The van der Waals surface area contributed by atoms with Crippen LogP contribution in [0.2, 0.25) is 0 Å². The average Bonchev–Trinajstić information content (AvgIpc) is 3.25. The van der Waals surface area contributed by atoms with Crippen LogP contribution in [0.5, 0.6) is 11.5 Å². The predicted octanol–water partition coefficient (Wildman–Crippen LogP) is 5.07. The summed E-state index contributed by atoms with van der Waals surface area (Å²) in [5.41, 5.74) is 1.35. The number of nitrogens with zero attached hydrogens (tertiary/aromatic N) is 3. The van der Waals surface area contributed by atoms with Crippen LogP contribution in [0.15, 0.2) is 54.6 Å². The number of benzene rings is 3. The van der Waals surface area contributed by atoms with Crippen molar-refractivity contribution in [2.75, 3.05) is 46.3 Å². The minimum absolute atomic E-state index is 0.0634. The smallest absolute Gasteiger partial charge is 0.260 e. The topological polar surface area (TPSA) is 54.9 Å².